The Hall–Kier alpha value is -5.83. The highest BCUT2D eigenvalue weighted by Gasteiger charge is 2.17. The molecule has 218 valence electrons. The van der Waals surface area contributed by atoms with Crippen molar-refractivity contribution in [2.75, 3.05) is 0 Å². The van der Waals surface area contributed by atoms with Crippen molar-refractivity contribution in [2.45, 2.75) is 0 Å². The first-order valence-corrected chi connectivity index (χ1v) is 16.9. The van der Waals surface area contributed by atoms with E-state index in [1.165, 1.54) is 85.9 Å². The zero-order valence-electron chi connectivity index (χ0n) is 25.4. The molecule has 0 saturated heterocycles. The van der Waals surface area contributed by atoms with Crippen molar-refractivity contribution in [1.82, 2.24) is 4.98 Å². The molecule has 0 aliphatic rings. The molecular weight excluding hydrogens is 587 g/mol. The summed E-state index contributed by atoms with van der Waals surface area (Å²) >= 11 is 1.82. The Morgan fingerprint density at radius 1 is 0.340 bits per heavy atom. The summed E-state index contributed by atoms with van der Waals surface area (Å²) in [6.45, 7) is 0. The van der Waals surface area contributed by atoms with E-state index in [0.717, 1.165) is 11.0 Å². The van der Waals surface area contributed by atoms with Gasteiger partial charge in [0.15, 0.2) is 0 Å². The molecule has 0 bridgehead atoms. The third-order valence-corrected chi connectivity index (χ3v) is 10.7. The predicted molar refractivity (Wildman–Crippen MR) is 203 cm³/mol. The summed E-state index contributed by atoms with van der Waals surface area (Å²) in [7, 11) is 0. The van der Waals surface area contributed by atoms with Gasteiger partial charge in [-0.05, 0) is 96.0 Å². The number of hydrogen-bond acceptors (Lipinski definition) is 2. The molecule has 0 unspecified atom stereocenters. The van der Waals surface area contributed by atoms with Crippen LogP contribution in [-0.2, 0) is 0 Å². The highest BCUT2D eigenvalue weighted by molar-refractivity contribution is 7.25. The first-order valence-electron chi connectivity index (χ1n) is 16.0. The highest BCUT2D eigenvalue weighted by Crippen LogP contribution is 2.44. The van der Waals surface area contributed by atoms with Gasteiger partial charge >= 0.3 is 0 Å². The first kappa shape index (κ1) is 26.4. The van der Waals surface area contributed by atoms with Gasteiger partial charge in [-0.2, -0.15) is 0 Å². The standard InChI is InChI=1S/C45H27NS/c1-2-10-31-25-33(22-19-28(31)9-1)44-37-13-5-3-11-35(37)43(36-12-4-6-14-38(36)44)30-20-17-29(18-21-30)32-23-24-40-34(26-32)27-42-45(46-40)39-15-7-8-16-41(39)47-42/h1-27H. The maximum Gasteiger partial charge on any atom is 0.0896 e. The average molecular weight is 614 g/mol. The maximum absolute atomic E-state index is 5.07. The van der Waals surface area contributed by atoms with Gasteiger partial charge in [0.1, 0.15) is 0 Å². The Balaban J connectivity index is 1.11. The zero-order chi connectivity index (χ0) is 30.9. The number of benzene rings is 8. The molecule has 0 aliphatic heterocycles. The van der Waals surface area contributed by atoms with Crippen molar-refractivity contribution in [3.63, 3.8) is 0 Å². The van der Waals surface area contributed by atoms with E-state index in [9.17, 15) is 0 Å². The van der Waals surface area contributed by atoms with Crippen LogP contribution in [0.1, 0.15) is 0 Å². The van der Waals surface area contributed by atoms with Crippen LogP contribution >= 0.6 is 11.3 Å². The number of rotatable bonds is 3. The molecule has 2 aromatic heterocycles. The SMILES string of the molecule is c1ccc2cc(-c3c4ccccc4c(-c4ccc(-c5ccc6nc7c(cc6c5)sc5ccccc57)cc4)c4ccccc34)ccc2c1. The minimum atomic E-state index is 1.03. The number of thiophene rings is 1. The Morgan fingerprint density at radius 3 is 1.60 bits per heavy atom. The van der Waals surface area contributed by atoms with E-state index in [-0.39, 0.29) is 0 Å². The molecule has 0 saturated carbocycles. The molecule has 0 N–H and O–H groups in total. The Kier molecular flexibility index (Phi) is 5.81. The minimum absolute atomic E-state index is 1.03. The van der Waals surface area contributed by atoms with Gasteiger partial charge in [0, 0.05) is 15.5 Å². The number of pyridine rings is 1. The highest BCUT2D eigenvalue weighted by atomic mass is 32.1. The molecule has 1 nitrogen and oxygen atoms in total. The van der Waals surface area contributed by atoms with Crippen molar-refractivity contribution in [2.24, 2.45) is 0 Å². The first-order chi connectivity index (χ1) is 23.3. The second-order valence-electron chi connectivity index (χ2n) is 12.3. The molecule has 2 heterocycles. The summed E-state index contributed by atoms with van der Waals surface area (Å²) in [6, 6.07) is 59.8. The van der Waals surface area contributed by atoms with Crippen LogP contribution in [0.2, 0.25) is 0 Å². The van der Waals surface area contributed by atoms with E-state index in [1.807, 2.05) is 11.3 Å². The predicted octanol–water partition coefficient (Wildman–Crippen LogP) is 13.1. The molecule has 47 heavy (non-hydrogen) atoms. The number of fused-ring (bicyclic) bond motifs is 7. The quantitative estimate of drug-likeness (QED) is 0.181. The van der Waals surface area contributed by atoms with Gasteiger partial charge in [-0.1, -0.05) is 133 Å². The van der Waals surface area contributed by atoms with Gasteiger partial charge in [-0.3, -0.25) is 0 Å². The molecule has 0 atom stereocenters. The van der Waals surface area contributed by atoms with Crippen LogP contribution < -0.4 is 0 Å². The van der Waals surface area contributed by atoms with Crippen LogP contribution in [0.25, 0.3) is 96.9 Å². The number of nitrogens with zero attached hydrogens (tertiary/aromatic N) is 1. The summed E-state index contributed by atoms with van der Waals surface area (Å²) in [4.78, 5) is 5.07. The Morgan fingerprint density at radius 2 is 0.872 bits per heavy atom. The lowest BCUT2D eigenvalue weighted by atomic mass is 9.85. The molecule has 0 amide bonds. The van der Waals surface area contributed by atoms with E-state index in [0.29, 0.717) is 0 Å². The summed E-state index contributed by atoms with van der Waals surface area (Å²) in [6.07, 6.45) is 0. The summed E-state index contributed by atoms with van der Waals surface area (Å²) in [5.41, 5.74) is 9.58. The van der Waals surface area contributed by atoms with Crippen LogP contribution in [-0.4, -0.2) is 4.98 Å². The third-order valence-electron chi connectivity index (χ3n) is 9.62. The minimum Gasteiger partial charge on any atom is -0.246 e. The van der Waals surface area contributed by atoms with Gasteiger partial charge in [-0.15, -0.1) is 11.3 Å². The van der Waals surface area contributed by atoms with Gasteiger partial charge in [0.05, 0.1) is 15.7 Å². The van der Waals surface area contributed by atoms with E-state index < -0.39 is 0 Å². The van der Waals surface area contributed by atoms with E-state index in [2.05, 4.69) is 164 Å². The topological polar surface area (TPSA) is 12.9 Å². The molecule has 0 aliphatic carbocycles. The van der Waals surface area contributed by atoms with Crippen molar-refractivity contribution in [1.29, 1.82) is 0 Å². The monoisotopic (exact) mass is 613 g/mol. The second-order valence-corrected chi connectivity index (χ2v) is 13.4. The maximum atomic E-state index is 5.07. The summed E-state index contributed by atoms with van der Waals surface area (Å²) < 4.78 is 2.52. The molecule has 0 fully saturated rings. The average Bonchev–Trinajstić information content (AvgIpc) is 3.50. The molecule has 10 rings (SSSR count). The molecule has 8 aromatic carbocycles. The van der Waals surface area contributed by atoms with E-state index >= 15 is 0 Å². The van der Waals surface area contributed by atoms with Crippen molar-refractivity contribution >= 4 is 74.9 Å². The van der Waals surface area contributed by atoms with Gasteiger partial charge in [0.2, 0.25) is 0 Å². The Labute approximate surface area is 276 Å². The fourth-order valence-corrected chi connectivity index (χ4v) is 8.50. The Bertz CT molecular complexity index is 2780. The fraction of sp³-hybridized carbons (Fsp3) is 0. The molecule has 2 heteroatoms. The third kappa shape index (κ3) is 4.19. The fourth-order valence-electron chi connectivity index (χ4n) is 7.40. The van der Waals surface area contributed by atoms with Crippen LogP contribution in [0, 0.1) is 0 Å². The zero-order valence-corrected chi connectivity index (χ0v) is 26.3. The lowest BCUT2D eigenvalue weighted by Gasteiger charge is -2.18. The van der Waals surface area contributed by atoms with Crippen LogP contribution in [0.5, 0.6) is 0 Å². The van der Waals surface area contributed by atoms with E-state index in [1.54, 1.807) is 0 Å². The largest absolute Gasteiger partial charge is 0.246 e. The van der Waals surface area contributed by atoms with E-state index in [4.69, 9.17) is 4.98 Å². The molecule has 0 spiro atoms. The number of aromatic nitrogens is 1. The van der Waals surface area contributed by atoms with Crippen LogP contribution in [0.4, 0.5) is 0 Å². The van der Waals surface area contributed by atoms with Crippen molar-refractivity contribution < 1.29 is 0 Å². The normalized spacial score (nSPS) is 11.8. The second kappa shape index (κ2) is 10.3. The van der Waals surface area contributed by atoms with Gasteiger partial charge in [0.25, 0.3) is 0 Å². The molecule has 10 aromatic rings. The van der Waals surface area contributed by atoms with Crippen LogP contribution in [0.15, 0.2) is 164 Å². The smallest absolute Gasteiger partial charge is 0.0896 e. The summed E-state index contributed by atoms with van der Waals surface area (Å²) in [5, 5.41) is 10.0. The van der Waals surface area contributed by atoms with Gasteiger partial charge < -0.3 is 0 Å². The lowest BCUT2D eigenvalue weighted by Crippen LogP contribution is -1.91. The van der Waals surface area contributed by atoms with Crippen molar-refractivity contribution in [3.8, 4) is 33.4 Å². The van der Waals surface area contributed by atoms with Crippen LogP contribution in [0.3, 0.4) is 0 Å². The number of hydrogen-bond donors (Lipinski definition) is 0. The van der Waals surface area contributed by atoms with Gasteiger partial charge in [-0.25, -0.2) is 4.98 Å². The molecular formula is C45H27NS. The van der Waals surface area contributed by atoms with Crippen molar-refractivity contribution in [3.05, 3.63) is 164 Å². The molecule has 0 radical (unpaired) electrons. The lowest BCUT2D eigenvalue weighted by molar-refractivity contribution is 1.52. The summed E-state index contributed by atoms with van der Waals surface area (Å²) in [5.74, 6) is 0.